The first-order valence-electron chi connectivity index (χ1n) is 11.8. The zero-order valence-electron chi connectivity index (χ0n) is 19.7. The molecule has 34 heavy (non-hydrogen) atoms. The Morgan fingerprint density at radius 2 is 1.74 bits per heavy atom. The Labute approximate surface area is 199 Å². The van der Waals surface area contributed by atoms with Gasteiger partial charge in [0.1, 0.15) is 6.07 Å². The van der Waals surface area contributed by atoms with Gasteiger partial charge in [-0.1, -0.05) is 0 Å². The van der Waals surface area contributed by atoms with Crippen molar-refractivity contribution in [1.82, 2.24) is 9.88 Å². The standard InChI is InChI=1S/C25H30N4O5/c1-31-21-13-19-20(14-22(21)32-2)27-16-18(15-26)23(19)28-7-3-17(4-8-28)24(30)29-9-5-25(6-10-29)33-11-12-34-25/h13-14,16-17H,3-12H2,1-2H3. The Morgan fingerprint density at radius 1 is 1.09 bits per heavy atom. The van der Waals surface area contributed by atoms with Crippen molar-refractivity contribution in [2.24, 2.45) is 5.92 Å². The molecule has 1 aromatic heterocycles. The topological polar surface area (TPSA) is 97.2 Å². The summed E-state index contributed by atoms with van der Waals surface area (Å²) in [6.07, 6.45) is 4.57. The number of fused-ring (bicyclic) bond motifs is 1. The summed E-state index contributed by atoms with van der Waals surface area (Å²) in [6, 6.07) is 6.00. The quantitative estimate of drug-likeness (QED) is 0.679. The number of aromatic nitrogens is 1. The molecule has 3 fully saturated rings. The number of carbonyl (C=O) groups excluding carboxylic acids is 1. The Bertz CT molecular complexity index is 1110. The molecule has 0 radical (unpaired) electrons. The highest BCUT2D eigenvalue weighted by Crippen LogP contribution is 2.39. The minimum Gasteiger partial charge on any atom is -0.493 e. The van der Waals surface area contributed by atoms with E-state index in [-0.39, 0.29) is 11.8 Å². The van der Waals surface area contributed by atoms with E-state index >= 15 is 0 Å². The van der Waals surface area contributed by atoms with Gasteiger partial charge in [-0.15, -0.1) is 0 Å². The number of carbonyl (C=O) groups is 1. The maximum absolute atomic E-state index is 13.2. The number of hydrogen-bond acceptors (Lipinski definition) is 8. The van der Waals surface area contributed by atoms with Crippen LogP contribution in [0.1, 0.15) is 31.2 Å². The van der Waals surface area contributed by atoms with Crippen LogP contribution in [0.2, 0.25) is 0 Å². The number of likely N-dealkylation sites (tertiary alicyclic amines) is 1. The number of nitriles is 1. The van der Waals surface area contributed by atoms with Crippen molar-refractivity contribution in [3.8, 4) is 17.6 Å². The van der Waals surface area contributed by atoms with E-state index in [2.05, 4.69) is 16.0 Å². The Balaban J connectivity index is 1.31. The third-order valence-corrected chi connectivity index (χ3v) is 7.28. The monoisotopic (exact) mass is 466 g/mol. The van der Waals surface area contributed by atoms with E-state index in [0.717, 1.165) is 42.3 Å². The molecule has 1 amide bonds. The number of ether oxygens (including phenoxy) is 4. The molecule has 3 aliphatic rings. The van der Waals surface area contributed by atoms with Gasteiger partial charge in [0.05, 0.1) is 44.2 Å². The lowest BCUT2D eigenvalue weighted by molar-refractivity contribution is -0.188. The van der Waals surface area contributed by atoms with Gasteiger partial charge in [-0.05, 0) is 18.9 Å². The maximum Gasteiger partial charge on any atom is 0.225 e. The van der Waals surface area contributed by atoms with Crippen LogP contribution in [0, 0.1) is 17.2 Å². The third kappa shape index (κ3) is 4.01. The molecule has 5 rings (SSSR count). The lowest BCUT2D eigenvalue weighted by atomic mass is 9.92. The van der Waals surface area contributed by atoms with Crippen LogP contribution in [0.5, 0.6) is 11.5 Å². The molecule has 0 N–H and O–H groups in total. The summed E-state index contributed by atoms with van der Waals surface area (Å²) in [4.78, 5) is 21.8. The van der Waals surface area contributed by atoms with Crippen LogP contribution in [-0.4, -0.2) is 75.2 Å². The van der Waals surface area contributed by atoms with Gasteiger partial charge >= 0.3 is 0 Å². The van der Waals surface area contributed by atoms with Crippen LogP contribution in [0.15, 0.2) is 18.3 Å². The van der Waals surface area contributed by atoms with E-state index < -0.39 is 5.79 Å². The number of benzene rings is 1. The zero-order valence-corrected chi connectivity index (χ0v) is 19.7. The molecule has 3 aliphatic heterocycles. The molecule has 9 heteroatoms. The maximum atomic E-state index is 13.2. The van der Waals surface area contributed by atoms with Crippen LogP contribution in [0.3, 0.4) is 0 Å². The molecule has 0 saturated carbocycles. The van der Waals surface area contributed by atoms with E-state index in [1.807, 2.05) is 17.0 Å². The molecule has 1 spiro atoms. The van der Waals surface area contributed by atoms with Gasteiger partial charge in [0.15, 0.2) is 17.3 Å². The highest BCUT2D eigenvalue weighted by molar-refractivity contribution is 5.96. The van der Waals surface area contributed by atoms with Gasteiger partial charge < -0.3 is 28.7 Å². The van der Waals surface area contributed by atoms with Crippen molar-refractivity contribution in [3.63, 3.8) is 0 Å². The minimum absolute atomic E-state index is 0.0102. The predicted molar refractivity (Wildman–Crippen MR) is 125 cm³/mol. The number of piperidine rings is 2. The molecule has 4 heterocycles. The number of pyridine rings is 1. The van der Waals surface area contributed by atoms with Crippen molar-refractivity contribution < 1.29 is 23.7 Å². The van der Waals surface area contributed by atoms with E-state index in [1.54, 1.807) is 20.4 Å². The summed E-state index contributed by atoms with van der Waals surface area (Å²) in [6.45, 7) is 4.02. The van der Waals surface area contributed by atoms with Crippen molar-refractivity contribution in [2.75, 3.05) is 58.5 Å². The number of methoxy groups -OCH3 is 2. The summed E-state index contributed by atoms with van der Waals surface area (Å²) < 4.78 is 22.5. The molecule has 3 saturated heterocycles. The molecule has 1 aromatic carbocycles. The van der Waals surface area contributed by atoms with Crippen molar-refractivity contribution in [1.29, 1.82) is 5.26 Å². The molecular weight excluding hydrogens is 436 g/mol. The second kappa shape index (κ2) is 9.28. The van der Waals surface area contributed by atoms with Gasteiger partial charge in [0, 0.05) is 62.6 Å². The Morgan fingerprint density at radius 3 is 2.35 bits per heavy atom. The van der Waals surface area contributed by atoms with Crippen molar-refractivity contribution >= 4 is 22.5 Å². The smallest absolute Gasteiger partial charge is 0.225 e. The third-order valence-electron chi connectivity index (χ3n) is 7.28. The van der Waals surface area contributed by atoms with Gasteiger partial charge in [-0.3, -0.25) is 9.78 Å². The number of rotatable bonds is 4. The first-order chi connectivity index (χ1) is 16.6. The predicted octanol–water partition coefficient (Wildman–Crippen LogP) is 2.71. The molecule has 0 atom stereocenters. The highest BCUT2D eigenvalue weighted by Gasteiger charge is 2.42. The fourth-order valence-electron chi connectivity index (χ4n) is 5.39. The molecular formula is C25H30N4O5. The number of hydrogen-bond donors (Lipinski definition) is 0. The lowest BCUT2D eigenvalue weighted by Crippen LogP contribution is -2.50. The first-order valence-corrected chi connectivity index (χ1v) is 11.8. The number of nitrogens with zero attached hydrogens (tertiary/aromatic N) is 4. The Hall–Kier alpha value is -3.09. The van der Waals surface area contributed by atoms with Crippen LogP contribution in [0.4, 0.5) is 5.69 Å². The summed E-state index contributed by atoms with van der Waals surface area (Å²) in [5, 5.41) is 10.6. The molecule has 0 aliphatic carbocycles. The van der Waals surface area contributed by atoms with E-state index in [4.69, 9.17) is 18.9 Å². The molecule has 180 valence electrons. The highest BCUT2D eigenvalue weighted by atomic mass is 16.7. The normalized spacial score (nSPS) is 20.5. The van der Waals surface area contributed by atoms with E-state index in [9.17, 15) is 10.1 Å². The first kappa shape index (κ1) is 22.7. The van der Waals surface area contributed by atoms with Crippen molar-refractivity contribution in [2.45, 2.75) is 31.5 Å². The second-order valence-corrected chi connectivity index (χ2v) is 9.05. The largest absolute Gasteiger partial charge is 0.493 e. The molecule has 9 nitrogen and oxygen atoms in total. The number of anilines is 1. The molecule has 0 unspecified atom stereocenters. The van der Waals surface area contributed by atoms with Crippen LogP contribution in [-0.2, 0) is 14.3 Å². The summed E-state index contributed by atoms with van der Waals surface area (Å²) in [7, 11) is 3.18. The molecule has 0 bridgehead atoms. The van der Waals surface area contributed by atoms with Gasteiger partial charge in [-0.2, -0.15) is 5.26 Å². The van der Waals surface area contributed by atoms with Crippen LogP contribution < -0.4 is 14.4 Å². The zero-order chi connectivity index (χ0) is 23.7. The molecule has 2 aromatic rings. The lowest BCUT2D eigenvalue weighted by Gasteiger charge is -2.40. The van der Waals surface area contributed by atoms with Crippen molar-refractivity contribution in [3.05, 3.63) is 23.9 Å². The summed E-state index contributed by atoms with van der Waals surface area (Å²) in [5.41, 5.74) is 2.10. The summed E-state index contributed by atoms with van der Waals surface area (Å²) in [5.74, 6) is 0.929. The fraction of sp³-hybridized carbons (Fsp3) is 0.560. The summed E-state index contributed by atoms with van der Waals surface area (Å²) >= 11 is 0. The average molecular weight is 467 g/mol. The van der Waals surface area contributed by atoms with Gasteiger partial charge in [-0.25, -0.2) is 0 Å². The fourth-order valence-corrected chi connectivity index (χ4v) is 5.39. The second-order valence-electron chi connectivity index (χ2n) is 9.05. The Kier molecular flexibility index (Phi) is 6.19. The van der Waals surface area contributed by atoms with Gasteiger partial charge in [0.2, 0.25) is 5.91 Å². The van der Waals surface area contributed by atoms with E-state index in [1.165, 1.54) is 0 Å². The average Bonchev–Trinajstić information content (AvgIpc) is 3.35. The SMILES string of the molecule is COc1cc2ncc(C#N)c(N3CCC(C(=O)N4CCC5(CC4)OCCO5)CC3)c2cc1OC. The van der Waals surface area contributed by atoms with E-state index in [0.29, 0.717) is 56.5 Å². The van der Waals surface area contributed by atoms with Crippen LogP contribution in [0.25, 0.3) is 10.9 Å². The number of amides is 1. The van der Waals surface area contributed by atoms with Crippen LogP contribution >= 0.6 is 0 Å². The van der Waals surface area contributed by atoms with Gasteiger partial charge in [0.25, 0.3) is 0 Å². The minimum atomic E-state index is -0.472.